The van der Waals surface area contributed by atoms with Crippen molar-refractivity contribution in [2.75, 3.05) is 24.7 Å². The molecule has 0 aliphatic rings. The summed E-state index contributed by atoms with van der Waals surface area (Å²) in [4.78, 5) is 36.6. The van der Waals surface area contributed by atoms with Gasteiger partial charge >= 0.3 is 17.9 Å². The Labute approximate surface area is 266 Å². The van der Waals surface area contributed by atoms with Crippen LogP contribution in [-0.4, -0.2) is 37.7 Å². The summed E-state index contributed by atoms with van der Waals surface area (Å²) in [5, 5.41) is 0. The molecule has 0 fully saturated rings. The summed E-state index contributed by atoms with van der Waals surface area (Å²) in [6.07, 6.45) is 12.0. The van der Waals surface area contributed by atoms with Gasteiger partial charge in [0.05, 0.1) is 19.8 Å². The Morgan fingerprint density at radius 3 is 1.16 bits per heavy atom. The number of allylic oxidation sites excluding steroid dienone is 2. The van der Waals surface area contributed by atoms with Gasteiger partial charge < -0.3 is 19.1 Å². The number of hydrogen-bond donors (Lipinski definition) is 0. The van der Waals surface area contributed by atoms with Gasteiger partial charge in [0.2, 0.25) is 0 Å². The van der Waals surface area contributed by atoms with E-state index >= 15 is 0 Å². The van der Waals surface area contributed by atoms with Crippen molar-refractivity contribution in [3.05, 3.63) is 126 Å². The average molecular weight is 610 g/mol. The summed E-state index contributed by atoms with van der Waals surface area (Å²) >= 11 is 0. The van der Waals surface area contributed by atoms with Crippen LogP contribution in [0.5, 0.6) is 0 Å². The SMILES string of the molecule is C=CC(=O)OCCCc1ccc(N(c2ccc(CCCOC(=O)C=CC)cc2)c2ccc(CCCOC(=O)C=CC)cc2)cc1. The number of anilines is 3. The Hall–Kier alpha value is -4.91. The number of benzene rings is 3. The third-order valence-corrected chi connectivity index (χ3v) is 6.92. The fourth-order valence-corrected chi connectivity index (χ4v) is 4.66. The first kappa shape index (κ1) is 34.6. The molecule has 236 valence electrons. The van der Waals surface area contributed by atoms with E-state index < -0.39 is 5.97 Å². The molecule has 0 saturated heterocycles. The van der Waals surface area contributed by atoms with Crippen LogP contribution in [0.4, 0.5) is 17.1 Å². The van der Waals surface area contributed by atoms with Crippen LogP contribution in [0.25, 0.3) is 0 Å². The molecular formula is C38H43NO6. The molecule has 7 heteroatoms. The number of ether oxygens (including phenoxy) is 3. The van der Waals surface area contributed by atoms with Crippen molar-refractivity contribution < 1.29 is 28.6 Å². The lowest BCUT2D eigenvalue weighted by Gasteiger charge is -2.26. The van der Waals surface area contributed by atoms with Crippen molar-refractivity contribution in [2.45, 2.75) is 52.4 Å². The van der Waals surface area contributed by atoms with E-state index in [0.717, 1.165) is 61.2 Å². The minimum Gasteiger partial charge on any atom is -0.463 e. The number of aryl methyl sites for hydroxylation is 3. The number of carbonyl (C=O) groups is 3. The van der Waals surface area contributed by atoms with E-state index in [9.17, 15) is 14.4 Å². The summed E-state index contributed by atoms with van der Waals surface area (Å²) in [6.45, 7) is 8.11. The van der Waals surface area contributed by atoms with E-state index in [4.69, 9.17) is 14.2 Å². The molecular weight excluding hydrogens is 566 g/mol. The number of carbonyl (C=O) groups excluding carboxylic acids is 3. The van der Waals surface area contributed by atoms with Gasteiger partial charge in [0.15, 0.2) is 0 Å². The van der Waals surface area contributed by atoms with Gasteiger partial charge in [-0.3, -0.25) is 0 Å². The van der Waals surface area contributed by atoms with Crippen molar-refractivity contribution in [2.24, 2.45) is 0 Å². The molecule has 0 radical (unpaired) electrons. The highest BCUT2D eigenvalue weighted by Crippen LogP contribution is 2.35. The molecule has 45 heavy (non-hydrogen) atoms. The van der Waals surface area contributed by atoms with Gasteiger partial charge in [0.25, 0.3) is 0 Å². The van der Waals surface area contributed by atoms with Crippen LogP contribution in [0.1, 0.15) is 49.8 Å². The Balaban J connectivity index is 1.71. The van der Waals surface area contributed by atoms with Crippen molar-refractivity contribution in [3.8, 4) is 0 Å². The van der Waals surface area contributed by atoms with Gasteiger partial charge in [0, 0.05) is 35.3 Å². The first-order valence-electron chi connectivity index (χ1n) is 15.4. The quantitative estimate of drug-likeness (QED) is 0.0627. The second kappa shape index (κ2) is 19.4. The van der Waals surface area contributed by atoms with E-state index in [1.165, 1.54) is 29.4 Å². The van der Waals surface area contributed by atoms with Crippen LogP contribution >= 0.6 is 0 Å². The molecule has 0 saturated carbocycles. The third kappa shape index (κ3) is 12.3. The Kier molecular flexibility index (Phi) is 14.9. The molecule has 0 spiro atoms. The maximum Gasteiger partial charge on any atom is 0.330 e. The second-order valence-corrected chi connectivity index (χ2v) is 10.4. The molecule has 3 rings (SSSR count). The molecule has 0 bridgehead atoms. The summed E-state index contributed by atoms with van der Waals surface area (Å²) in [6, 6.07) is 25.3. The lowest BCUT2D eigenvalue weighted by Crippen LogP contribution is -2.10. The zero-order chi connectivity index (χ0) is 32.3. The Morgan fingerprint density at radius 2 is 0.867 bits per heavy atom. The first-order chi connectivity index (χ1) is 21.9. The van der Waals surface area contributed by atoms with Crippen LogP contribution in [0.15, 0.2) is 110 Å². The van der Waals surface area contributed by atoms with Crippen molar-refractivity contribution in [1.29, 1.82) is 0 Å². The highest BCUT2D eigenvalue weighted by molar-refractivity contribution is 5.82. The highest BCUT2D eigenvalue weighted by Gasteiger charge is 2.13. The summed E-state index contributed by atoms with van der Waals surface area (Å²) < 4.78 is 15.5. The van der Waals surface area contributed by atoms with E-state index in [-0.39, 0.29) is 11.9 Å². The molecule has 0 aliphatic heterocycles. The summed E-state index contributed by atoms with van der Waals surface area (Å²) in [5.41, 5.74) is 6.54. The van der Waals surface area contributed by atoms with Crippen LogP contribution < -0.4 is 4.90 Å². The average Bonchev–Trinajstić information content (AvgIpc) is 3.05. The van der Waals surface area contributed by atoms with Gasteiger partial charge in [-0.25, -0.2) is 14.4 Å². The summed E-state index contributed by atoms with van der Waals surface area (Å²) in [5.74, 6) is -1.03. The monoisotopic (exact) mass is 609 g/mol. The lowest BCUT2D eigenvalue weighted by molar-refractivity contribution is -0.138. The molecule has 3 aromatic carbocycles. The Bertz CT molecular complexity index is 1350. The fourth-order valence-electron chi connectivity index (χ4n) is 4.66. The number of hydrogen-bond acceptors (Lipinski definition) is 7. The van der Waals surface area contributed by atoms with E-state index in [2.05, 4.69) is 84.3 Å². The first-order valence-corrected chi connectivity index (χ1v) is 15.4. The molecule has 0 unspecified atom stereocenters. The smallest absolute Gasteiger partial charge is 0.330 e. The van der Waals surface area contributed by atoms with Crippen molar-refractivity contribution in [3.63, 3.8) is 0 Å². The maximum absolute atomic E-state index is 11.5. The molecule has 0 atom stereocenters. The van der Waals surface area contributed by atoms with Crippen LogP contribution in [0, 0.1) is 0 Å². The molecule has 7 nitrogen and oxygen atoms in total. The van der Waals surface area contributed by atoms with Gasteiger partial charge in [-0.15, -0.1) is 0 Å². The second-order valence-electron chi connectivity index (χ2n) is 10.4. The predicted molar refractivity (Wildman–Crippen MR) is 179 cm³/mol. The van der Waals surface area contributed by atoms with Crippen molar-refractivity contribution in [1.82, 2.24) is 0 Å². The molecule has 3 aromatic rings. The molecule has 0 aromatic heterocycles. The Morgan fingerprint density at radius 1 is 0.556 bits per heavy atom. The maximum atomic E-state index is 11.5. The number of nitrogens with zero attached hydrogens (tertiary/aromatic N) is 1. The fraction of sp³-hybridized carbons (Fsp3) is 0.289. The standard InChI is InChI=1S/C38H43NO6/c1-4-10-37(41)44-28-8-13-31-17-23-34(24-18-31)39(33-21-15-30(16-22-33)12-7-27-43-36(40)6-3)35-25-19-32(20-26-35)14-9-29-45-38(42)11-5-2/h4-6,10-11,15-26H,3,7-9,12-14,27-29H2,1-2H3. The molecule has 0 amide bonds. The third-order valence-electron chi connectivity index (χ3n) is 6.92. The number of esters is 3. The van der Waals surface area contributed by atoms with Gasteiger partial charge in [0.1, 0.15) is 0 Å². The summed E-state index contributed by atoms with van der Waals surface area (Å²) in [7, 11) is 0. The molecule has 0 aliphatic carbocycles. The predicted octanol–water partition coefficient (Wildman–Crippen LogP) is 7.92. The molecule has 0 N–H and O–H groups in total. The van der Waals surface area contributed by atoms with Crippen LogP contribution in [0.3, 0.4) is 0 Å². The largest absolute Gasteiger partial charge is 0.463 e. The topological polar surface area (TPSA) is 82.1 Å². The van der Waals surface area contributed by atoms with Crippen molar-refractivity contribution >= 4 is 35.0 Å². The van der Waals surface area contributed by atoms with Gasteiger partial charge in [-0.2, -0.15) is 0 Å². The lowest BCUT2D eigenvalue weighted by atomic mass is 10.1. The van der Waals surface area contributed by atoms with Crippen LogP contribution in [0.2, 0.25) is 0 Å². The minimum absolute atomic E-state index is 0.315. The van der Waals surface area contributed by atoms with Gasteiger partial charge in [-0.05, 0) is 105 Å². The van der Waals surface area contributed by atoms with E-state index in [0.29, 0.717) is 19.8 Å². The zero-order valence-electron chi connectivity index (χ0n) is 26.3. The van der Waals surface area contributed by atoms with E-state index in [1.54, 1.807) is 26.0 Å². The zero-order valence-corrected chi connectivity index (χ0v) is 26.3. The minimum atomic E-state index is -0.404. The van der Waals surface area contributed by atoms with Gasteiger partial charge in [-0.1, -0.05) is 55.1 Å². The normalized spacial score (nSPS) is 11.0. The molecule has 0 heterocycles. The number of rotatable bonds is 18. The van der Waals surface area contributed by atoms with E-state index in [1.807, 2.05) is 0 Å². The highest BCUT2D eigenvalue weighted by atomic mass is 16.5. The van der Waals surface area contributed by atoms with Crippen LogP contribution in [-0.2, 0) is 47.9 Å².